The summed E-state index contributed by atoms with van der Waals surface area (Å²) in [5, 5.41) is 6.89. The molecule has 0 aliphatic heterocycles. The number of aromatic nitrogens is 2. The van der Waals surface area contributed by atoms with Crippen molar-refractivity contribution in [2.24, 2.45) is 0 Å². The molecule has 0 spiro atoms. The van der Waals surface area contributed by atoms with Crippen LogP contribution in [0.1, 0.15) is 5.56 Å². The second-order valence-corrected chi connectivity index (χ2v) is 5.22. The molecule has 23 heavy (non-hydrogen) atoms. The van der Waals surface area contributed by atoms with Crippen molar-refractivity contribution in [2.75, 3.05) is 24.3 Å². The summed E-state index contributed by atoms with van der Waals surface area (Å²) in [6, 6.07) is 11.4. The van der Waals surface area contributed by atoms with Gasteiger partial charge in [-0.15, -0.1) is 0 Å². The van der Waals surface area contributed by atoms with Crippen LogP contribution in [0.15, 0.2) is 42.6 Å². The molecule has 2 heterocycles. The Labute approximate surface area is 133 Å². The Balaban J connectivity index is 1.64. The first-order valence-electron chi connectivity index (χ1n) is 7.28. The molecule has 0 saturated heterocycles. The molecule has 3 rings (SSSR count). The fourth-order valence-electron chi connectivity index (χ4n) is 2.31. The minimum absolute atomic E-state index is 0.121. The standard InChI is InChI=1S/C17H18N4O2/c1-11-3-5-14(23-2)13(9-11)20-16(22)10-19-15-6-4-12-7-8-18-17(12)21-15/h3-9H,10H2,1-2H3,(H,20,22)(H2,18,19,21). The number of rotatable bonds is 5. The molecule has 0 atom stereocenters. The van der Waals surface area contributed by atoms with Gasteiger partial charge in [0.2, 0.25) is 5.91 Å². The van der Waals surface area contributed by atoms with Crippen LogP contribution >= 0.6 is 0 Å². The van der Waals surface area contributed by atoms with E-state index in [1.807, 2.05) is 49.5 Å². The third-order valence-corrected chi connectivity index (χ3v) is 3.47. The maximum Gasteiger partial charge on any atom is 0.243 e. The predicted octanol–water partition coefficient (Wildman–Crippen LogP) is 2.93. The molecule has 0 unspecified atom stereocenters. The maximum atomic E-state index is 12.1. The van der Waals surface area contributed by atoms with Crippen molar-refractivity contribution in [3.8, 4) is 5.75 Å². The number of benzene rings is 1. The number of anilines is 2. The van der Waals surface area contributed by atoms with Gasteiger partial charge in [0, 0.05) is 11.6 Å². The van der Waals surface area contributed by atoms with Crippen molar-refractivity contribution in [3.05, 3.63) is 48.2 Å². The zero-order valence-electron chi connectivity index (χ0n) is 13.0. The Morgan fingerprint density at radius 3 is 2.96 bits per heavy atom. The number of aromatic amines is 1. The van der Waals surface area contributed by atoms with E-state index in [1.165, 1.54) is 0 Å². The van der Waals surface area contributed by atoms with Gasteiger partial charge in [-0.2, -0.15) is 0 Å². The highest BCUT2D eigenvalue weighted by molar-refractivity contribution is 5.95. The van der Waals surface area contributed by atoms with Gasteiger partial charge in [-0.1, -0.05) is 6.07 Å². The van der Waals surface area contributed by atoms with Crippen LogP contribution < -0.4 is 15.4 Å². The lowest BCUT2D eigenvalue weighted by atomic mass is 10.2. The number of nitrogens with one attached hydrogen (secondary N) is 3. The largest absolute Gasteiger partial charge is 0.495 e. The summed E-state index contributed by atoms with van der Waals surface area (Å²) in [6.07, 6.45) is 1.83. The SMILES string of the molecule is COc1ccc(C)cc1NC(=O)CNc1ccc2cc[nH]c2n1. The second-order valence-electron chi connectivity index (χ2n) is 5.22. The number of aryl methyl sites for hydroxylation is 1. The fourth-order valence-corrected chi connectivity index (χ4v) is 2.31. The number of amides is 1. The van der Waals surface area contributed by atoms with Crippen LogP contribution in [-0.4, -0.2) is 29.5 Å². The van der Waals surface area contributed by atoms with Gasteiger partial charge < -0.3 is 20.4 Å². The smallest absolute Gasteiger partial charge is 0.243 e. The van der Waals surface area contributed by atoms with Gasteiger partial charge in [-0.25, -0.2) is 4.98 Å². The molecule has 0 aliphatic rings. The molecule has 6 heteroatoms. The number of carbonyl (C=O) groups excluding carboxylic acids is 1. The van der Waals surface area contributed by atoms with Gasteiger partial charge in [0.05, 0.1) is 19.3 Å². The van der Waals surface area contributed by atoms with E-state index in [2.05, 4.69) is 20.6 Å². The summed E-state index contributed by atoms with van der Waals surface area (Å²) in [6.45, 7) is 2.08. The van der Waals surface area contributed by atoms with E-state index >= 15 is 0 Å². The number of H-pyrrole nitrogens is 1. The van der Waals surface area contributed by atoms with Gasteiger partial charge >= 0.3 is 0 Å². The van der Waals surface area contributed by atoms with Gasteiger partial charge in [0.1, 0.15) is 17.2 Å². The molecular formula is C17H18N4O2. The third kappa shape index (κ3) is 3.42. The molecule has 118 valence electrons. The lowest BCUT2D eigenvalue weighted by Crippen LogP contribution is -2.22. The average Bonchev–Trinajstić information content (AvgIpc) is 3.01. The van der Waals surface area contributed by atoms with Crippen molar-refractivity contribution in [2.45, 2.75) is 6.92 Å². The van der Waals surface area contributed by atoms with E-state index in [0.29, 0.717) is 17.3 Å². The van der Waals surface area contributed by atoms with Crippen LogP contribution in [0.25, 0.3) is 11.0 Å². The number of ether oxygens (including phenoxy) is 1. The average molecular weight is 310 g/mol. The summed E-state index contributed by atoms with van der Waals surface area (Å²) in [4.78, 5) is 19.5. The first-order chi connectivity index (χ1) is 11.2. The Kier molecular flexibility index (Phi) is 4.14. The van der Waals surface area contributed by atoms with Crippen LogP contribution in [-0.2, 0) is 4.79 Å². The van der Waals surface area contributed by atoms with Crippen LogP contribution in [0, 0.1) is 6.92 Å². The van der Waals surface area contributed by atoms with Crippen LogP contribution in [0.4, 0.5) is 11.5 Å². The maximum absolute atomic E-state index is 12.1. The summed E-state index contributed by atoms with van der Waals surface area (Å²) in [5.74, 6) is 1.11. The first-order valence-corrected chi connectivity index (χ1v) is 7.28. The normalized spacial score (nSPS) is 10.5. The number of fused-ring (bicyclic) bond motifs is 1. The molecule has 0 radical (unpaired) electrons. The van der Waals surface area contributed by atoms with Gasteiger partial charge in [0.25, 0.3) is 0 Å². The number of pyridine rings is 1. The van der Waals surface area contributed by atoms with E-state index in [-0.39, 0.29) is 12.5 Å². The number of methoxy groups -OCH3 is 1. The lowest BCUT2D eigenvalue weighted by molar-refractivity contribution is -0.114. The monoisotopic (exact) mass is 310 g/mol. The van der Waals surface area contributed by atoms with E-state index in [9.17, 15) is 4.79 Å². The van der Waals surface area contributed by atoms with Crippen LogP contribution in [0.5, 0.6) is 5.75 Å². The molecule has 0 saturated carbocycles. The molecule has 0 bridgehead atoms. The van der Waals surface area contributed by atoms with Crippen molar-refractivity contribution < 1.29 is 9.53 Å². The highest BCUT2D eigenvalue weighted by atomic mass is 16.5. The quantitative estimate of drug-likeness (QED) is 0.677. The second kappa shape index (κ2) is 6.39. The molecule has 1 amide bonds. The van der Waals surface area contributed by atoms with Crippen LogP contribution in [0.2, 0.25) is 0 Å². The third-order valence-electron chi connectivity index (χ3n) is 3.47. The van der Waals surface area contributed by atoms with Gasteiger partial charge in [0.15, 0.2) is 0 Å². The Bertz CT molecular complexity index is 841. The topological polar surface area (TPSA) is 79.0 Å². The summed E-state index contributed by atoms with van der Waals surface area (Å²) < 4.78 is 5.25. The Hall–Kier alpha value is -3.02. The van der Waals surface area contributed by atoms with E-state index in [1.54, 1.807) is 7.11 Å². The molecule has 0 aliphatic carbocycles. The van der Waals surface area contributed by atoms with Crippen molar-refractivity contribution >= 4 is 28.4 Å². The highest BCUT2D eigenvalue weighted by Crippen LogP contribution is 2.25. The molecule has 3 aromatic rings. The number of nitrogens with zero attached hydrogens (tertiary/aromatic N) is 1. The summed E-state index contributed by atoms with van der Waals surface area (Å²) in [7, 11) is 1.58. The minimum Gasteiger partial charge on any atom is -0.495 e. The number of carbonyl (C=O) groups is 1. The molecule has 2 aromatic heterocycles. The zero-order chi connectivity index (χ0) is 16.2. The van der Waals surface area contributed by atoms with Crippen molar-refractivity contribution in [3.63, 3.8) is 0 Å². The highest BCUT2D eigenvalue weighted by Gasteiger charge is 2.08. The number of hydrogen-bond acceptors (Lipinski definition) is 4. The van der Waals surface area contributed by atoms with Gasteiger partial charge in [-0.3, -0.25) is 4.79 Å². The van der Waals surface area contributed by atoms with Gasteiger partial charge in [-0.05, 0) is 42.8 Å². The van der Waals surface area contributed by atoms with E-state index in [0.717, 1.165) is 16.6 Å². The molecule has 6 nitrogen and oxygen atoms in total. The molecule has 3 N–H and O–H groups in total. The van der Waals surface area contributed by atoms with Crippen molar-refractivity contribution in [1.82, 2.24) is 9.97 Å². The Morgan fingerprint density at radius 2 is 2.13 bits per heavy atom. The summed E-state index contributed by atoms with van der Waals surface area (Å²) in [5.41, 5.74) is 2.50. The minimum atomic E-state index is -0.165. The number of hydrogen-bond donors (Lipinski definition) is 3. The van der Waals surface area contributed by atoms with E-state index < -0.39 is 0 Å². The van der Waals surface area contributed by atoms with Crippen LogP contribution in [0.3, 0.4) is 0 Å². The molecule has 0 fully saturated rings. The summed E-state index contributed by atoms with van der Waals surface area (Å²) >= 11 is 0. The lowest BCUT2D eigenvalue weighted by Gasteiger charge is -2.11. The molecule has 1 aromatic carbocycles. The van der Waals surface area contributed by atoms with Crippen molar-refractivity contribution in [1.29, 1.82) is 0 Å². The Morgan fingerprint density at radius 1 is 1.26 bits per heavy atom. The zero-order valence-corrected chi connectivity index (χ0v) is 13.0. The predicted molar refractivity (Wildman–Crippen MR) is 90.9 cm³/mol. The first kappa shape index (κ1) is 14.9. The fraction of sp³-hybridized carbons (Fsp3) is 0.176. The molecular weight excluding hydrogens is 292 g/mol. The van der Waals surface area contributed by atoms with E-state index in [4.69, 9.17) is 4.74 Å².